The SMILES string of the molecule is COCCNC(=O)c1cccc(C(=O)Nc2ccccc2C(F)(F)F)c1. The number of anilines is 1. The van der Waals surface area contributed by atoms with Gasteiger partial charge in [-0.05, 0) is 30.3 Å². The van der Waals surface area contributed by atoms with E-state index in [1.807, 2.05) is 0 Å². The van der Waals surface area contributed by atoms with E-state index in [9.17, 15) is 22.8 Å². The van der Waals surface area contributed by atoms with Crippen LogP contribution in [0.4, 0.5) is 18.9 Å². The Hall–Kier alpha value is -2.87. The van der Waals surface area contributed by atoms with Crippen LogP contribution in [-0.4, -0.2) is 32.1 Å². The highest BCUT2D eigenvalue weighted by atomic mass is 19.4. The highest BCUT2D eigenvalue weighted by molar-refractivity contribution is 6.06. The monoisotopic (exact) mass is 366 g/mol. The van der Waals surface area contributed by atoms with Crippen molar-refractivity contribution in [2.45, 2.75) is 6.18 Å². The molecule has 138 valence electrons. The van der Waals surface area contributed by atoms with E-state index in [2.05, 4.69) is 10.6 Å². The van der Waals surface area contributed by atoms with Crippen molar-refractivity contribution < 1.29 is 27.5 Å². The molecule has 2 rings (SSSR count). The van der Waals surface area contributed by atoms with Gasteiger partial charge < -0.3 is 15.4 Å². The molecule has 26 heavy (non-hydrogen) atoms. The van der Waals surface area contributed by atoms with Gasteiger partial charge in [-0.15, -0.1) is 0 Å². The van der Waals surface area contributed by atoms with Crippen molar-refractivity contribution in [3.63, 3.8) is 0 Å². The Labute approximate surface area is 148 Å². The summed E-state index contributed by atoms with van der Waals surface area (Å²) in [6.07, 6.45) is -4.59. The van der Waals surface area contributed by atoms with Crippen molar-refractivity contribution in [3.05, 3.63) is 65.2 Å². The number of nitrogens with one attached hydrogen (secondary N) is 2. The van der Waals surface area contributed by atoms with Gasteiger partial charge in [-0.3, -0.25) is 9.59 Å². The first-order chi connectivity index (χ1) is 12.3. The van der Waals surface area contributed by atoms with Gasteiger partial charge in [0.05, 0.1) is 17.9 Å². The predicted octanol–water partition coefficient (Wildman–Crippen LogP) is 3.33. The molecule has 0 spiro atoms. The van der Waals surface area contributed by atoms with Gasteiger partial charge in [-0.25, -0.2) is 0 Å². The first-order valence-electron chi connectivity index (χ1n) is 7.67. The van der Waals surface area contributed by atoms with E-state index < -0.39 is 23.6 Å². The van der Waals surface area contributed by atoms with Gasteiger partial charge in [0.1, 0.15) is 0 Å². The molecule has 2 aromatic rings. The van der Waals surface area contributed by atoms with Crippen LogP contribution in [0, 0.1) is 0 Å². The molecule has 0 atom stereocenters. The number of para-hydroxylation sites is 1. The van der Waals surface area contributed by atoms with Crippen LogP contribution in [0.3, 0.4) is 0 Å². The zero-order chi connectivity index (χ0) is 19.2. The second kappa shape index (κ2) is 8.48. The van der Waals surface area contributed by atoms with E-state index in [1.165, 1.54) is 49.6 Å². The molecule has 0 aliphatic rings. The number of carbonyl (C=O) groups is 2. The van der Waals surface area contributed by atoms with Crippen molar-refractivity contribution in [1.82, 2.24) is 5.32 Å². The van der Waals surface area contributed by atoms with E-state index in [-0.39, 0.29) is 16.8 Å². The Morgan fingerprint density at radius 1 is 1.00 bits per heavy atom. The maximum Gasteiger partial charge on any atom is 0.418 e. The van der Waals surface area contributed by atoms with Crippen LogP contribution in [0.5, 0.6) is 0 Å². The fourth-order valence-corrected chi connectivity index (χ4v) is 2.20. The van der Waals surface area contributed by atoms with Crippen LogP contribution in [0.25, 0.3) is 0 Å². The minimum Gasteiger partial charge on any atom is -0.383 e. The number of rotatable bonds is 6. The summed E-state index contributed by atoms with van der Waals surface area (Å²) in [6.45, 7) is 0.630. The molecule has 0 unspecified atom stereocenters. The summed E-state index contributed by atoms with van der Waals surface area (Å²) < 4.78 is 43.8. The highest BCUT2D eigenvalue weighted by Crippen LogP contribution is 2.34. The number of methoxy groups -OCH3 is 1. The molecule has 0 fully saturated rings. The van der Waals surface area contributed by atoms with E-state index in [4.69, 9.17) is 4.74 Å². The van der Waals surface area contributed by atoms with Crippen molar-refractivity contribution in [2.75, 3.05) is 25.6 Å². The van der Waals surface area contributed by atoms with Crippen molar-refractivity contribution in [2.24, 2.45) is 0 Å². The van der Waals surface area contributed by atoms with E-state index in [0.29, 0.717) is 13.2 Å². The van der Waals surface area contributed by atoms with Gasteiger partial charge in [0.2, 0.25) is 0 Å². The van der Waals surface area contributed by atoms with Gasteiger partial charge in [-0.1, -0.05) is 18.2 Å². The first-order valence-corrected chi connectivity index (χ1v) is 7.67. The number of alkyl halides is 3. The largest absolute Gasteiger partial charge is 0.418 e. The minimum atomic E-state index is -4.59. The lowest BCUT2D eigenvalue weighted by Gasteiger charge is -2.13. The Morgan fingerprint density at radius 2 is 1.65 bits per heavy atom. The zero-order valence-electron chi connectivity index (χ0n) is 13.9. The van der Waals surface area contributed by atoms with Gasteiger partial charge in [-0.2, -0.15) is 13.2 Å². The number of halogens is 3. The second-order valence-electron chi connectivity index (χ2n) is 5.33. The lowest BCUT2D eigenvalue weighted by atomic mass is 10.1. The summed E-state index contributed by atoms with van der Waals surface area (Å²) in [6, 6.07) is 10.4. The summed E-state index contributed by atoms with van der Waals surface area (Å²) in [4.78, 5) is 24.3. The summed E-state index contributed by atoms with van der Waals surface area (Å²) in [5.41, 5.74) is -0.999. The molecule has 0 heterocycles. The minimum absolute atomic E-state index is 0.0707. The molecule has 0 aromatic heterocycles. The molecule has 0 aliphatic heterocycles. The Kier molecular flexibility index (Phi) is 6.35. The maximum atomic E-state index is 13.0. The number of hydrogen-bond acceptors (Lipinski definition) is 3. The van der Waals surface area contributed by atoms with E-state index >= 15 is 0 Å². The summed E-state index contributed by atoms with van der Waals surface area (Å²) in [5.74, 6) is -1.15. The van der Waals surface area contributed by atoms with Gasteiger partial charge in [0.25, 0.3) is 11.8 Å². The van der Waals surface area contributed by atoms with Crippen molar-refractivity contribution >= 4 is 17.5 Å². The van der Waals surface area contributed by atoms with Crippen LogP contribution in [0.15, 0.2) is 48.5 Å². The van der Waals surface area contributed by atoms with Gasteiger partial charge in [0.15, 0.2) is 0 Å². The van der Waals surface area contributed by atoms with E-state index in [0.717, 1.165) is 6.07 Å². The molecule has 8 heteroatoms. The smallest absolute Gasteiger partial charge is 0.383 e. The van der Waals surface area contributed by atoms with Gasteiger partial charge in [0, 0.05) is 24.8 Å². The van der Waals surface area contributed by atoms with E-state index in [1.54, 1.807) is 0 Å². The fraction of sp³-hybridized carbons (Fsp3) is 0.222. The normalized spacial score (nSPS) is 11.1. The topological polar surface area (TPSA) is 67.4 Å². The fourth-order valence-electron chi connectivity index (χ4n) is 2.20. The Balaban J connectivity index is 2.16. The Bertz CT molecular complexity index is 791. The number of ether oxygens (including phenoxy) is 1. The molecule has 2 amide bonds. The molecule has 2 aromatic carbocycles. The van der Waals surface area contributed by atoms with Crippen molar-refractivity contribution in [1.29, 1.82) is 0 Å². The lowest BCUT2D eigenvalue weighted by Crippen LogP contribution is -2.27. The van der Waals surface area contributed by atoms with Crippen molar-refractivity contribution in [3.8, 4) is 0 Å². The van der Waals surface area contributed by atoms with Crippen LogP contribution >= 0.6 is 0 Å². The van der Waals surface area contributed by atoms with Crippen LogP contribution in [-0.2, 0) is 10.9 Å². The van der Waals surface area contributed by atoms with Crippen LogP contribution < -0.4 is 10.6 Å². The molecule has 5 nitrogen and oxygen atoms in total. The lowest BCUT2D eigenvalue weighted by molar-refractivity contribution is -0.136. The summed E-state index contributed by atoms with van der Waals surface area (Å²) in [7, 11) is 1.50. The molecule has 0 bridgehead atoms. The number of hydrogen-bond donors (Lipinski definition) is 2. The molecule has 0 saturated heterocycles. The molecular formula is C18H17F3N2O3. The highest BCUT2D eigenvalue weighted by Gasteiger charge is 2.33. The van der Waals surface area contributed by atoms with Gasteiger partial charge >= 0.3 is 6.18 Å². The third-order valence-electron chi connectivity index (χ3n) is 3.46. The average Bonchev–Trinajstić information content (AvgIpc) is 2.61. The average molecular weight is 366 g/mol. The molecule has 0 radical (unpaired) electrons. The van der Waals surface area contributed by atoms with Crippen LogP contribution in [0.2, 0.25) is 0 Å². The Morgan fingerprint density at radius 3 is 2.31 bits per heavy atom. The molecule has 0 aliphatic carbocycles. The number of amides is 2. The third-order valence-corrected chi connectivity index (χ3v) is 3.46. The standard InChI is InChI=1S/C18H17F3N2O3/c1-26-10-9-22-16(24)12-5-4-6-13(11-12)17(25)23-15-8-3-2-7-14(15)18(19,20)21/h2-8,11H,9-10H2,1H3,(H,22,24)(H,23,25). The first kappa shape index (κ1) is 19.5. The number of carbonyl (C=O) groups excluding carboxylic acids is 2. The quantitative estimate of drug-likeness (QED) is 0.771. The zero-order valence-corrected chi connectivity index (χ0v) is 13.9. The number of benzene rings is 2. The maximum absolute atomic E-state index is 13.0. The predicted molar refractivity (Wildman–Crippen MR) is 90.0 cm³/mol. The van der Waals surface area contributed by atoms with Crippen LogP contribution in [0.1, 0.15) is 26.3 Å². The summed E-state index contributed by atoms with van der Waals surface area (Å²) >= 11 is 0. The summed E-state index contributed by atoms with van der Waals surface area (Å²) in [5, 5.41) is 4.84. The molecular weight excluding hydrogens is 349 g/mol. The third kappa shape index (κ3) is 5.06. The molecule has 2 N–H and O–H groups in total. The second-order valence-corrected chi connectivity index (χ2v) is 5.33. The molecule has 0 saturated carbocycles.